The van der Waals surface area contributed by atoms with Crippen molar-refractivity contribution in [2.75, 3.05) is 31.6 Å². The van der Waals surface area contributed by atoms with Crippen molar-refractivity contribution in [1.82, 2.24) is 14.9 Å². The molecule has 152 valence electrons. The Kier molecular flexibility index (Phi) is 4.99. The van der Waals surface area contributed by atoms with Gasteiger partial charge in [-0.05, 0) is 30.5 Å². The van der Waals surface area contributed by atoms with Crippen LogP contribution in [0.3, 0.4) is 0 Å². The molecular weight excluding hydrogens is 384 g/mol. The molecule has 0 bridgehead atoms. The van der Waals surface area contributed by atoms with Gasteiger partial charge in [0.25, 0.3) is 0 Å². The Morgan fingerprint density at radius 3 is 2.83 bits per heavy atom. The molecule has 2 aromatic heterocycles. The number of anilines is 1. The third kappa shape index (κ3) is 3.53. The highest BCUT2D eigenvalue weighted by Gasteiger charge is 2.32. The third-order valence-electron chi connectivity index (χ3n) is 6.04. The van der Waals surface area contributed by atoms with E-state index in [9.17, 15) is 5.11 Å². The van der Waals surface area contributed by atoms with E-state index in [4.69, 9.17) is 14.7 Å². The lowest BCUT2D eigenvalue weighted by molar-refractivity contribution is 0.0331. The first-order chi connectivity index (χ1) is 14.1. The monoisotopic (exact) mass is 410 g/mol. The van der Waals surface area contributed by atoms with Crippen molar-refractivity contribution in [1.29, 1.82) is 0 Å². The average molecular weight is 411 g/mol. The summed E-state index contributed by atoms with van der Waals surface area (Å²) in [5.74, 6) is 1.66. The van der Waals surface area contributed by atoms with Gasteiger partial charge >= 0.3 is 0 Å². The number of hydrogen-bond acceptors (Lipinski definition) is 7. The van der Waals surface area contributed by atoms with Gasteiger partial charge in [0.2, 0.25) is 0 Å². The van der Waals surface area contributed by atoms with E-state index in [0.717, 1.165) is 53.7 Å². The fourth-order valence-corrected chi connectivity index (χ4v) is 5.37. The number of aryl methyl sites for hydroxylation is 2. The molecule has 1 saturated heterocycles. The fraction of sp³-hybridized carbons (Fsp3) is 0.455. The van der Waals surface area contributed by atoms with Crippen molar-refractivity contribution in [2.45, 2.75) is 39.0 Å². The van der Waals surface area contributed by atoms with Crippen LogP contribution in [0.25, 0.3) is 10.2 Å². The first kappa shape index (κ1) is 18.9. The smallest absolute Gasteiger partial charge is 0.146 e. The number of fused-ring (bicyclic) bond motifs is 2. The molecule has 6 nitrogen and oxygen atoms in total. The van der Waals surface area contributed by atoms with Crippen molar-refractivity contribution in [2.24, 2.45) is 0 Å². The van der Waals surface area contributed by atoms with E-state index in [0.29, 0.717) is 13.0 Å². The Bertz CT molecular complexity index is 1040. The van der Waals surface area contributed by atoms with Crippen LogP contribution in [-0.4, -0.2) is 52.4 Å². The predicted molar refractivity (Wildman–Crippen MR) is 116 cm³/mol. The fourth-order valence-electron chi connectivity index (χ4n) is 4.32. The maximum atomic E-state index is 10.7. The molecule has 2 aliphatic rings. The minimum absolute atomic E-state index is 0.153. The predicted octanol–water partition coefficient (Wildman–Crippen LogP) is 3.21. The standard InChI is InChI=1S/C22H26N4O2S/c1-13-14(2)29-22-19(13)21(23-18(24-22)12-26-7-9-28-10-8-26)25-20-16-6-4-3-5-15(16)11-17(20)27/h3-6,17,20,27H,7-12H2,1-2H3,(H,23,24,25)/t17-,20+/m0/s1. The Hall–Kier alpha value is -2.06. The number of nitrogens with one attached hydrogen (secondary N) is 1. The molecule has 0 spiro atoms. The minimum Gasteiger partial charge on any atom is -0.390 e. The minimum atomic E-state index is -0.458. The Morgan fingerprint density at radius 2 is 2.00 bits per heavy atom. The number of aliphatic hydroxyl groups excluding tert-OH is 1. The SMILES string of the molecule is Cc1sc2nc(CN3CCOCC3)nc(N[C@@H]3c4ccccc4C[C@@H]3O)c2c1C. The summed E-state index contributed by atoms with van der Waals surface area (Å²) in [4.78, 5) is 14.4. The van der Waals surface area contributed by atoms with Gasteiger partial charge in [-0.1, -0.05) is 24.3 Å². The molecular formula is C22H26N4O2S. The molecule has 3 heterocycles. The van der Waals surface area contributed by atoms with Crippen LogP contribution in [0.4, 0.5) is 5.82 Å². The van der Waals surface area contributed by atoms with Crippen LogP contribution in [0, 0.1) is 13.8 Å². The van der Waals surface area contributed by atoms with Crippen molar-refractivity contribution in [3.8, 4) is 0 Å². The first-order valence-corrected chi connectivity index (χ1v) is 11.0. The molecule has 1 aliphatic carbocycles. The molecule has 1 fully saturated rings. The second-order valence-corrected chi connectivity index (χ2v) is 9.14. The maximum Gasteiger partial charge on any atom is 0.146 e. The first-order valence-electron chi connectivity index (χ1n) is 10.2. The molecule has 7 heteroatoms. The van der Waals surface area contributed by atoms with E-state index >= 15 is 0 Å². The van der Waals surface area contributed by atoms with Gasteiger partial charge < -0.3 is 15.2 Å². The van der Waals surface area contributed by atoms with Crippen LogP contribution >= 0.6 is 11.3 Å². The quantitative estimate of drug-likeness (QED) is 0.688. The second kappa shape index (κ2) is 7.65. The zero-order valence-corrected chi connectivity index (χ0v) is 17.6. The molecule has 0 radical (unpaired) electrons. The van der Waals surface area contributed by atoms with Crippen molar-refractivity contribution >= 4 is 27.4 Å². The normalized spacial score (nSPS) is 22.2. The molecule has 1 aromatic carbocycles. The highest BCUT2D eigenvalue weighted by Crippen LogP contribution is 2.38. The number of morpholine rings is 1. The highest BCUT2D eigenvalue weighted by atomic mass is 32.1. The Labute approximate surface area is 174 Å². The summed E-state index contributed by atoms with van der Waals surface area (Å²) in [6.07, 6.45) is 0.213. The van der Waals surface area contributed by atoms with Crippen LogP contribution in [-0.2, 0) is 17.7 Å². The third-order valence-corrected chi connectivity index (χ3v) is 7.14. The zero-order chi connectivity index (χ0) is 20.0. The summed E-state index contributed by atoms with van der Waals surface area (Å²) in [5.41, 5.74) is 3.58. The van der Waals surface area contributed by atoms with E-state index in [2.05, 4.69) is 36.2 Å². The topological polar surface area (TPSA) is 70.5 Å². The van der Waals surface area contributed by atoms with Gasteiger partial charge in [0.05, 0.1) is 37.3 Å². The lowest BCUT2D eigenvalue weighted by Crippen LogP contribution is -2.36. The highest BCUT2D eigenvalue weighted by molar-refractivity contribution is 7.18. The number of aliphatic hydroxyl groups is 1. The van der Waals surface area contributed by atoms with E-state index in [1.165, 1.54) is 16.0 Å². The number of aromatic nitrogens is 2. The number of benzene rings is 1. The summed E-state index contributed by atoms with van der Waals surface area (Å²) in [5, 5.41) is 15.4. The van der Waals surface area contributed by atoms with Gasteiger partial charge in [-0.15, -0.1) is 11.3 Å². The number of ether oxygens (including phenoxy) is 1. The van der Waals surface area contributed by atoms with E-state index in [1.54, 1.807) is 11.3 Å². The molecule has 1 aliphatic heterocycles. The molecule has 0 saturated carbocycles. The Balaban J connectivity index is 1.53. The van der Waals surface area contributed by atoms with Crippen LogP contribution in [0.15, 0.2) is 24.3 Å². The zero-order valence-electron chi connectivity index (χ0n) is 16.8. The lowest BCUT2D eigenvalue weighted by Gasteiger charge is -2.26. The van der Waals surface area contributed by atoms with Crippen molar-refractivity contribution in [3.05, 3.63) is 51.7 Å². The molecule has 2 N–H and O–H groups in total. The lowest BCUT2D eigenvalue weighted by atomic mass is 10.1. The molecule has 29 heavy (non-hydrogen) atoms. The van der Waals surface area contributed by atoms with Gasteiger partial charge in [0.15, 0.2) is 0 Å². The second-order valence-electron chi connectivity index (χ2n) is 7.93. The number of rotatable bonds is 4. The molecule has 3 aromatic rings. The molecule has 0 unspecified atom stereocenters. The van der Waals surface area contributed by atoms with E-state index < -0.39 is 6.10 Å². The van der Waals surface area contributed by atoms with Crippen molar-refractivity contribution < 1.29 is 9.84 Å². The van der Waals surface area contributed by atoms with Crippen LogP contribution in [0.1, 0.15) is 33.4 Å². The summed E-state index contributed by atoms with van der Waals surface area (Å²) in [7, 11) is 0. The van der Waals surface area contributed by atoms with Gasteiger partial charge in [-0.3, -0.25) is 4.90 Å². The molecule has 5 rings (SSSR count). The number of thiophene rings is 1. The summed E-state index contributed by atoms with van der Waals surface area (Å²) >= 11 is 1.72. The van der Waals surface area contributed by atoms with Crippen LogP contribution in [0.5, 0.6) is 0 Å². The summed E-state index contributed by atoms with van der Waals surface area (Å²) < 4.78 is 5.46. The maximum absolute atomic E-state index is 10.7. The van der Waals surface area contributed by atoms with E-state index in [1.807, 2.05) is 12.1 Å². The van der Waals surface area contributed by atoms with Gasteiger partial charge in [0.1, 0.15) is 16.5 Å². The van der Waals surface area contributed by atoms with Gasteiger partial charge in [-0.2, -0.15) is 0 Å². The van der Waals surface area contributed by atoms with Crippen molar-refractivity contribution in [3.63, 3.8) is 0 Å². The summed E-state index contributed by atoms with van der Waals surface area (Å²) in [6.45, 7) is 8.30. The van der Waals surface area contributed by atoms with Crippen LogP contribution < -0.4 is 5.32 Å². The number of hydrogen-bond donors (Lipinski definition) is 2. The largest absolute Gasteiger partial charge is 0.390 e. The van der Waals surface area contributed by atoms with Gasteiger partial charge in [-0.25, -0.2) is 9.97 Å². The van der Waals surface area contributed by atoms with Crippen LogP contribution in [0.2, 0.25) is 0 Å². The van der Waals surface area contributed by atoms with Gasteiger partial charge in [0, 0.05) is 24.4 Å². The Morgan fingerprint density at radius 1 is 1.21 bits per heavy atom. The average Bonchev–Trinajstić information content (AvgIpc) is 3.18. The molecule has 0 amide bonds. The molecule has 2 atom stereocenters. The van der Waals surface area contributed by atoms with E-state index in [-0.39, 0.29) is 6.04 Å². The number of nitrogens with zero attached hydrogens (tertiary/aromatic N) is 3. The summed E-state index contributed by atoms with van der Waals surface area (Å²) in [6, 6.07) is 8.11.